The van der Waals surface area contributed by atoms with Crippen LogP contribution in [0.25, 0.3) is 10.2 Å². The van der Waals surface area contributed by atoms with E-state index >= 15 is 0 Å². The minimum absolute atomic E-state index is 0.00889. The molecule has 21 heavy (non-hydrogen) atoms. The number of hydrogen-bond acceptors (Lipinski definition) is 4. The number of hydrogen-bond donors (Lipinski definition) is 2. The van der Waals surface area contributed by atoms with Gasteiger partial charge in [0, 0.05) is 10.9 Å². The molecule has 2 N–H and O–H groups in total. The summed E-state index contributed by atoms with van der Waals surface area (Å²) in [4.78, 5) is 21.8. The maximum Gasteiger partial charge on any atom is 0.259 e. The molecule has 0 aromatic carbocycles. The Kier molecular flexibility index (Phi) is 3.66. The highest BCUT2D eigenvalue weighted by Gasteiger charge is 2.30. The van der Waals surface area contributed by atoms with E-state index in [4.69, 9.17) is 0 Å². The molecule has 114 valence electrons. The van der Waals surface area contributed by atoms with Gasteiger partial charge in [0.2, 0.25) is 0 Å². The van der Waals surface area contributed by atoms with Crippen LogP contribution in [0, 0.1) is 19.3 Å². The average molecular weight is 305 g/mol. The summed E-state index contributed by atoms with van der Waals surface area (Å²) < 4.78 is 0. The van der Waals surface area contributed by atoms with Gasteiger partial charge in [0.15, 0.2) is 0 Å². The first-order valence-electron chi connectivity index (χ1n) is 7.58. The van der Waals surface area contributed by atoms with E-state index in [0.29, 0.717) is 18.0 Å². The lowest BCUT2D eigenvalue weighted by molar-refractivity contribution is 0.363. The molecule has 2 aromatic heterocycles. The molecule has 4 nitrogen and oxygen atoms in total. The smallest absolute Gasteiger partial charge is 0.259 e. The van der Waals surface area contributed by atoms with Gasteiger partial charge in [-0.3, -0.25) is 4.79 Å². The topological polar surface area (TPSA) is 57.8 Å². The Bertz CT molecular complexity index is 729. The number of nitrogens with zero attached hydrogens (tertiary/aromatic N) is 1. The summed E-state index contributed by atoms with van der Waals surface area (Å²) in [5, 5.41) is 4.29. The number of thiophene rings is 1. The second-order valence-electron chi connectivity index (χ2n) is 6.96. The van der Waals surface area contributed by atoms with Gasteiger partial charge in [0.25, 0.3) is 5.56 Å². The lowest BCUT2D eigenvalue weighted by Gasteiger charge is -2.17. The van der Waals surface area contributed by atoms with Crippen molar-refractivity contribution >= 4 is 21.6 Å². The summed E-state index contributed by atoms with van der Waals surface area (Å²) in [6, 6.07) is 0.535. The summed E-state index contributed by atoms with van der Waals surface area (Å²) in [6.07, 6.45) is 3.66. The quantitative estimate of drug-likeness (QED) is 0.915. The highest BCUT2D eigenvalue weighted by Crippen LogP contribution is 2.36. The van der Waals surface area contributed by atoms with Crippen LogP contribution in [0.5, 0.6) is 0 Å². The van der Waals surface area contributed by atoms with Crippen LogP contribution in [0.1, 0.15) is 49.4 Å². The standard InChI is InChI=1S/C16H23N3OS/c1-9-10(2)21-15-13(9)14(20)18-12(19-15)8-17-11-5-6-16(3,4)7-11/h11,17H,5-8H2,1-4H3,(H,18,19,20). The van der Waals surface area contributed by atoms with E-state index in [2.05, 4.69) is 29.1 Å². The molecule has 5 heteroatoms. The fourth-order valence-electron chi connectivity index (χ4n) is 3.23. The Morgan fingerprint density at radius 1 is 1.43 bits per heavy atom. The maximum atomic E-state index is 12.2. The van der Waals surface area contributed by atoms with Gasteiger partial charge < -0.3 is 10.3 Å². The van der Waals surface area contributed by atoms with Gasteiger partial charge in [0.05, 0.1) is 11.9 Å². The molecule has 1 saturated carbocycles. The fourth-order valence-corrected chi connectivity index (χ4v) is 4.28. The summed E-state index contributed by atoms with van der Waals surface area (Å²) in [6.45, 7) is 9.31. The van der Waals surface area contributed by atoms with Crippen molar-refractivity contribution in [3.05, 3.63) is 26.6 Å². The zero-order chi connectivity index (χ0) is 15.2. The van der Waals surface area contributed by atoms with Crippen LogP contribution in [0.4, 0.5) is 0 Å². The number of fused-ring (bicyclic) bond motifs is 1. The van der Waals surface area contributed by atoms with E-state index in [0.717, 1.165) is 21.6 Å². The molecular formula is C16H23N3OS. The first-order chi connectivity index (χ1) is 9.85. The molecule has 1 fully saturated rings. The van der Waals surface area contributed by atoms with Gasteiger partial charge >= 0.3 is 0 Å². The minimum Gasteiger partial charge on any atom is -0.309 e. The molecule has 2 heterocycles. The van der Waals surface area contributed by atoms with Crippen molar-refractivity contribution in [1.82, 2.24) is 15.3 Å². The third-order valence-electron chi connectivity index (χ3n) is 4.61. The molecule has 1 aliphatic carbocycles. The van der Waals surface area contributed by atoms with E-state index in [1.165, 1.54) is 24.1 Å². The summed E-state index contributed by atoms with van der Waals surface area (Å²) in [5.41, 5.74) is 1.48. The number of aromatic amines is 1. The van der Waals surface area contributed by atoms with Crippen molar-refractivity contribution in [3.8, 4) is 0 Å². The van der Waals surface area contributed by atoms with E-state index < -0.39 is 0 Å². The minimum atomic E-state index is -0.00889. The molecule has 0 saturated heterocycles. The van der Waals surface area contributed by atoms with Gasteiger partial charge in [-0.1, -0.05) is 13.8 Å². The second kappa shape index (κ2) is 5.21. The van der Waals surface area contributed by atoms with Crippen LogP contribution >= 0.6 is 11.3 Å². The Labute approximate surface area is 129 Å². The van der Waals surface area contributed by atoms with Crippen LogP contribution in [0.2, 0.25) is 0 Å². The van der Waals surface area contributed by atoms with Crippen molar-refractivity contribution in [2.24, 2.45) is 5.41 Å². The Balaban J connectivity index is 1.78. The summed E-state index contributed by atoms with van der Waals surface area (Å²) >= 11 is 1.61. The fraction of sp³-hybridized carbons (Fsp3) is 0.625. The van der Waals surface area contributed by atoms with Gasteiger partial charge in [-0.15, -0.1) is 11.3 Å². The largest absolute Gasteiger partial charge is 0.309 e. The van der Waals surface area contributed by atoms with E-state index in [-0.39, 0.29) is 5.56 Å². The monoisotopic (exact) mass is 305 g/mol. The molecular weight excluding hydrogens is 282 g/mol. The zero-order valence-electron chi connectivity index (χ0n) is 13.2. The van der Waals surface area contributed by atoms with Crippen LogP contribution < -0.4 is 10.9 Å². The predicted octanol–water partition coefficient (Wildman–Crippen LogP) is 3.27. The molecule has 1 aliphatic rings. The zero-order valence-corrected chi connectivity index (χ0v) is 14.0. The third kappa shape index (κ3) is 2.90. The van der Waals surface area contributed by atoms with Crippen molar-refractivity contribution in [1.29, 1.82) is 0 Å². The van der Waals surface area contributed by atoms with Gasteiger partial charge in [-0.2, -0.15) is 0 Å². The molecule has 0 amide bonds. The van der Waals surface area contributed by atoms with Gasteiger partial charge in [-0.25, -0.2) is 4.98 Å². The summed E-state index contributed by atoms with van der Waals surface area (Å²) in [7, 11) is 0. The number of H-pyrrole nitrogens is 1. The van der Waals surface area contributed by atoms with Crippen LogP contribution in [0.3, 0.4) is 0 Å². The Hall–Kier alpha value is -1.20. The molecule has 0 aliphatic heterocycles. The molecule has 1 unspecified atom stereocenters. The number of aromatic nitrogens is 2. The third-order valence-corrected chi connectivity index (χ3v) is 5.72. The Morgan fingerprint density at radius 2 is 2.19 bits per heavy atom. The van der Waals surface area contributed by atoms with Gasteiger partial charge in [-0.05, 0) is 44.1 Å². The van der Waals surface area contributed by atoms with Crippen molar-refractivity contribution in [2.75, 3.05) is 0 Å². The van der Waals surface area contributed by atoms with E-state index in [1.807, 2.05) is 13.8 Å². The van der Waals surface area contributed by atoms with E-state index in [9.17, 15) is 4.79 Å². The Morgan fingerprint density at radius 3 is 2.86 bits per heavy atom. The van der Waals surface area contributed by atoms with Gasteiger partial charge in [0.1, 0.15) is 10.7 Å². The van der Waals surface area contributed by atoms with E-state index in [1.54, 1.807) is 11.3 Å². The van der Waals surface area contributed by atoms with Crippen molar-refractivity contribution in [3.63, 3.8) is 0 Å². The van der Waals surface area contributed by atoms with Crippen LogP contribution in [-0.4, -0.2) is 16.0 Å². The molecule has 3 rings (SSSR count). The normalized spacial score (nSPS) is 21.2. The predicted molar refractivity (Wildman–Crippen MR) is 88.0 cm³/mol. The maximum absolute atomic E-state index is 12.2. The second-order valence-corrected chi connectivity index (χ2v) is 8.16. The molecule has 0 radical (unpaired) electrons. The lowest BCUT2D eigenvalue weighted by atomic mass is 9.92. The number of aryl methyl sites for hydroxylation is 2. The highest BCUT2D eigenvalue weighted by atomic mass is 32.1. The SMILES string of the molecule is Cc1sc2nc(CNC3CCC(C)(C)C3)[nH]c(=O)c2c1C. The van der Waals surface area contributed by atoms with Crippen molar-refractivity contribution < 1.29 is 0 Å². The molecule has 2 aromatic rings. The average Bonchev–Trinajstić information content (AvgIpc) is 2.88. The number of rotatable bonds is 3. The first-order valence-corrected chi connectivity index (χ1v) is 8.40. The molecule has 1 atom stereocenters. The number of nitrogens with one attached hydrogen (secondary N) is 2. The summed E-state index contributed by atoms with van der Waals surface area (Å²) in [5.74, 6) is 0.749. The molecule has 0 spiro atoms. The lowest BCUT2D eigenvalue weighted by Crippen LogP contribution is -2.28. The van der Waals surface area contributed by atoms with Crippen LogP contribution in [-0.2, 0) is 6.54 Å². The highest BCUT2D eigenvalue weighted by molar-refractivity contribution is 7.18. The first kappa shape index (κ1) is 14.7. The van der Waals surface area contributed by atoms with Crippen LogP contribution in [0.15, 0.2) is 4.79 Å². The molecule has 0 bridgehead atoms. The van der Waals surface area contributed by atoms with Crippen molar-refractivity contribution in [2.45, 2.75) is 59.5 Å².